The Labute approximate surface area is 174 Å². The molecule has 0 spiro atoms. The predicted octanol–water partition coefficient (Wildman–Crippen LogP) is 3.45. The molecule has 0 fully saturated rings. The van der Waals surface area contributed by atoms with Gasteiger partial charge < -0.3 is 19.8 Å². The molecule has 0 saturated carbocycles. The zero-order valence-electron chi connectivity index (χ0n) is 17.1. The van der Waals surface area contributed by atoms with Crippen LogP contribution in [0.4, 0.5) is 5.82 Å². The molecule has 4 rings (SSSR count). The summed E-state index contributed by atoms with van der Waals surface area (Å²) in [5.41, 5.74) is 3.24. The number of amides is 1. The van der Waals surface area contributed by atoms with Gasteiger partial charge in [-0.3, -0.25) is 9.59 Å². The molecule has 0 aliphatic carbocycles. The molecule has 1 amide bonds. The lowest BCUT2D eigenvalue weighted by Crippen LogP contribution is -2.31. The van der Waals surface area contributed by atoms with Crippen molar-refractivity contribution in [3.63, 3.8) is 0 Å². The highest BCUT2D eigenvalue weighted by Crippen LogP contribution is 2.38. The standard InChI is InChI=1S/C23H23N3O4/c1-13-6-4-5-7-16(13)12-30-18-9-8-15(10-19(18)29-3)17-11-20(27)26-22-21(17)23(28)25-14(2)24-22/h4-10,17H,11-12H2,1-3H3,(H2,24,25,26,27,28). The topological polar surface area (TPSA) is 93.3 Å². The molecule has 30 heavy (non-hydrogen) atoms. The van der Waals surface area contributed by atoms with E-state index in [1.54, 1.807) is 14.0 Å². The Bertz CT molecular complexity index is 1170. The maximum atomic E-state index is 12.6. The maximum Gasteiger partial charge on any atom is 0.256 e. The van der Waals surface area contributed by atoms with Crippen LogP contribution in [0.25, 0.3) is 0 Å². The van der Waals surface area contributed by atoms with Crippen LogP contribution < -0.4 is 20.3 Å². The first-order valence-electron chi connectivity index (χ1n) is 9.72. The Kier molecular flexibility index (Phi) is 5.27. The number of carbonyl (C=O) groups excluding carboxylic acids is 1. The van der Waals surface area contributed by atoms with Crippen molar-refractivity contribution in [3.8, 4) is 11.5 Å². The van der Waals surface area contributed by atoms with Crippen molar-refractivity contribution >= 4 is 11.7 Å². The minimum absolute atomic E-state index is 0.160. The van der Waals surface area contributed by atoms with Gasteiger partial charge in [0.2, 0.25) is 5.91 Å². The third-order valence-electron chi connectivity index (χ3n) is 5.30. The van der Waals surface area contributed by atoms with E-state index in [9.17, 15) is 9.59 Å². The summed E-state index contributed by atoms with van der Waals surface area (Å²) in [5.74, 6) is 1.33. The molecule has 0 radical (unpaired) electrons. The maximum absolute atomic E-state index is 12.6. The molecule has 2 heterocycles. The van der Waals surface area contributed by atoms with Crippen LogP contribution in [0.1, 0.15) is 40.4 Å². The van der Waals surface area contributed by atoms with E-state index in [1.807, 2.05) is 49.4 Å². The smallest absolute Gasteiger partial charge is 0.256 e. The molecular formula is C23H23N3O4. The molecule has 3 aromatic rings. The minimum atomic E-state index is -0.412. The van der Waals surface area contributed by atoms with Gasteiger partial charge in [0, 0.05) is 12.3 Å². The second-order valence-corrected chi connectivity index (χ2v) is 7.34. The van der Waals surface area contributed by atoms with E-state index >= 15 is 0 Å². The second kappa shape index (κ2) is 8.02. The van der Waals surface area contributed by atoms with E-state index < -0.39 is 5.92 Å². The van der Waals surface area contributed by atoms with Crippen LogP contribution in [0.5, 0.6) is 11.5 Å². The number of nitrogens with zero attached hydrogens (tertiary/aromatic N) is 1. The Morgan fingerprint density at radius 2 is 1.90 bits per heavy atom. The molecule has 1 atom stereocenters. The van der Waals surface area contributed by atoms with Gasteiger partial charge in [-0.25, -0.2) is 4.98 Å². The summed E-state index contributed by atoms with van der Waals surface area (Å²) in [6.45, 7) is 4.14. The Balaban J connectivity index is 1.66. The number of ether oxygens (including phenoxy) is 2. The molecule has 1 aromatic heterocycles. The van der Waals surface area contributed by atoms with Crippen LogP contribution in [-0.4, -0.2) is 23.0 Å². The molecule has 7 heteroatoms. The van der Waals surface area contributed by atoms with Gasteiger partial charge >= 0.3 is 0 Å². The lowest BCUT2D eigenvalue weighted by atomic mass is 9.86. The molecule has 0 bridgehead atoms. The summed E-state index contributed by atoms with van der Waals surface area (Å²) in [5, 5.41) is 2.70. The predicted molar refractivity (Wildman–Crippen MR) is 113 cm³/mol. The highest BCUT2D eigenvalue weighted by molar-refractivity contribution is 5.94. The van der Waals surface area contributed by atoms with Crippen LogP contribution >= 0.6 is 0 Å². The highest BCUT2D eigenvalue weighted by Gasteiger charge is 2.31. The number of H-pyrrole nitrogens is 1. The lowest BCUT2D eigenvalue weighted by molar-refractivity contribution is -0.116. The summed E-state index contributed by atoms with van der Waals surface area (Å²) < 4.78 is 11.5. The number of fused-ring (bicyclic) bond motifs is 1. The largest absolute Gasteiger partial charge is 0.493 e. The zero-order chi connectivity index (χ0) is 21.3. The van der Waals surface area contributed by atoms with Crippen molar-refractivity contribution < 1.29 is 14.3 Å². The monoisotopic (exact) mass is 405 g/mol. The van der Waals surface area contributed by atoms with Gasteiger partial charge in [0.1, 0.15) is 18.2 Å². The summed E-state index contributed by atoms with van der Waals surface area (Å²) in [6.07, 6.45) is 0.160. The van der Waals surface area contributed by atoms with E-state index in [2.05, 4.69) is 15.3 Å². The third-order valence-corrected chi connectivity index (χ3v) is 5.30. The summed E-state index contributed by atoms with van der Waals surface area (Å²) >= 11 is 0. The third kappa shape index (κ3) is 3.78. The van der Waals surface area contributed by atoms with Crippen LogP contribution in [0, 0.1) is 13.8 Å². The van der Waals surface area contributed by atoms with E-state index in [1.165, 1.54) is 0 Å². The average molecular weight is 405 g/mol. The van der Waals surface area contributed by atoms with Crippen LogP contribution in [0.2, 0.25) is 0 Å². The molecule has 1 unspecified atom stereocenters. The van der Waals surface area contributed by atoms with Crippen molar-refractivity contribution in [2.75, 3.05) is 12.4 Å². The quantitative estimate of drug-likeness (QED) is 0.678. The van der Waals surface area contributed by atoms with Gasteiger partial charge in [0.05, 0.1) is 12.7 Å². The molecule has 1 aliphatic heterocycles. The first-order valence-corrected chi connectivity index (χ1v) is 9.72. The number of benzene rings is 2. The molecule has 7 nitrogen and oxygen atoms in total. The van der Waals surface area contributed by atoms with Gasteiger partial charge in [0.25, 0.3) is 5.56 Å². The van der Waals surface area contributed by atoms with Gasteiger partial charge in [-0.2, -0.15) is 0 Å². The lowest BCUT2D eigenvalue weighted by Gasteiger charge is -2.25. The number of hydrogen-bond acceptors (Lipinski definition) is 5. The molecular weight excluding hydrogens is 382 g/mol. The van der Waals surface area contributed by atoms with Gasteiger partial charge in [0.15, 0.2) is 11.5 Å². The number of aromatic nitrogens is 2. The van der Waals surface area contributed by atoms with Crippen molar-refractivity contribution in [2.24, 2.45) is 0 Å². The zero-order valence-corrected chi connectivity index (χ0v) is 17.1. The van der Waals surface area contributed by atoms with Crippen LogP contribution in [0.3, 0.4) is 0 Å². The fourth-order valence-corrected chi connectivity index (χ4v) is 3.72. The first kappa shape index (κ1) is 19.7. The Hall–Kier alpha value is -3.61. The van der Waals surface area contributed by atoms with Crippen molar-refractivity contribution in [3.05, 3.63) is 80.9 Å². The van der Waals surface area contributed by atoms with E-state index in [0.717, 1.165) is 16.7 Å². The molecule has 2 N–H and O–H groups in total. The Morgan fingerprint density at radius 3 is 2.67 bits per heavy atom. The first-order chi connectivity index (χ1) is 14.5. The summed E-state index contributed by atoms with van der Waals surface area (Å²) in [4.78, 5) is 31.8. The minimum Gasteiger partial charge on any atom is -0.493 e. The normalized spacial score (nSPS) is 15.3. The van der Waals surface area contributed by atoms with Crippen molar-refractivity contribution in [2.45, 2.75) is 32.8 Å². The number of nitrogens with one attached hydrogen (secondary N) is 2. The number of hydrogen-bond donors (Lipinski definition) is 2. The van der Waals surface area contributed by atoms with Crippen LogP contribution in [0.15, 0.2) is 47.3 Å². The SMILES string of the molecule is COc1cc(C2CC(=O)Nc3nc(C)[nH]c(=O)c32)ccc1OCc1ccccc1C. The number of aromatic amines is 1. The number of rotatable bonds is 5. The Morgan fingerprint density at radius 1 is 1.10 bits per heavy atom. The van der Waals surface area contributed by atoms with E-state index in [-0.39, 0.29) is 17.9 Å². The fraction of sp³-hybridized carbons (Fsp3) is 0.261. The number of aryl methyl sites for hydroxylation is 2. The second-order valence-electron chi connectivity index (χ2n) is 7.34. The van der Waals surface area contributed by atoms with E-state index in [0.29, 0.717) is 35.3 Å². The molecule has 1 aliphatic rings. The van der Waals surface area contributed by atoms with Gasteiger partial charge in [-0.1, -0.05) is 30.3 Å². The van der Waals surface area contributed by atoms with Gasteiger partial charge in [-0.15, -0.1) is 0 Å². The van der Waals surface area contributed by atoms with E-state index in [4.69, 9.17) is 9.47 Å². The molecule has 2 aromatic carbocycles. The molecule has 0 saturated heterocycles. The number of carbonyl (C=O) groups is 1. The number of methoxy groups -OCH3 is 1. The molecule has 154 valence electrons. The van der Waals surface area contributed by atoms with Crippen molar-refractivity contribution in [1.82, 2.24) is 9.97 Å². The van der Waals surface area contributed by atoms with Crippen LogP contribution in [-0.2, 0) is 11.4 Å². The van der Waals surface area contributed by atoms with Gasteiger partial charge in [-0.05, 0) is 42.7 Å². The van der Waals surface area contributed by atoms with Crippen molar-refractivity contribution in [1.29, 1.82) is 0 Å². The summed E-state index contributed by atoms with van der Waals surface area (Å²) in [6, 6.07) is 13.5. The number of anilines is 1. The highest BCUT2D eigenvalue weighted by atomic mass is 16.5. The average Bonchev–Trinajstić information content (AvgIpc) is 2.72. The fourth-order valence-electron chi connectivity index (χ4n) is 3.72. The summed E-state index contributed by atoms with van der Waals surface area (Å²) in [7, 11) is 1.57.